The smallest absolute Gasteiger partial charge is 0.326 e. The van der Waals surface area contributed by atoms with Crippen molar-refractivity contribution in [2.45, 2.75) is 44.2 Å². The maximum atomic E-state index is 13.1. The van der Waals surface area contributed by atoms with Crippen LogP contribution in [-0.2, 0) is 4.79 Å². The van der Waals surface area contributed by atoms with Crippen LogP contribution in [0.4, 0.5) is 0 Å². The largest absolute Gasteiger partial charge is 0.480 e. The lowest BCUT2D eigenvalue weighted by atomic mass is 9.84. The molecule has 1 saturated carbocycles. The quantitative estimate of drug-likeness (QED) is 0.908. The molecule has 8 nitrogen and oxygen atoms in total. The predicted molar refractivity (Wildman–Crippen MR) is 87.1 cm³/mol. The summed E-state index contributed by atoms with van der Waals surface area (Å²) >= 11 is 0. The van der Waals surface area contributed by atoms with Gasteiger partial charge in [-0.05, 0) is 53.8 Å². The van der Waals surface area contributed by atoms with Crippen LogP contribution in [-0.4, -0.2) is 54.2 Å². The third kappa shape index (κ3) is 2.77. The molecule has 1 aliphatic heterocycles. The van der Waals surface area contributed by atoms with E-state index in [1.54, 1.807) is 29.2 Å². The minimum absolute atomic E-state index is 0.0269. The van der Waals surface area contributed by atoms with E-state index in [4.69, 9.17) is 0 Å². The zero-order chi connectivity index (χ0) is 17.4. The fraction of sp³-hybridized carbons (Fsp3) is 0.471. The van der Waals surface area contributed by atoms with Crippen molar-refractivity contribution in [3.8, 4) is 5.69 Å². The summed E-state index contributed by atoms with van der Waals surface area (Å²) in [7, 11) is 0. The first-order valence-corrected chi connectivity index (χ1v) is 8.54. The van der Waals surface area contributed by atoms with Crippen LogP contribution in [0.15, 0.2) is 30.6 Å². The Kier molecular flexibility index (Phi) is 3.95. The van der Waals surface area contributed by atoms with Gasteiger partial charge in [-0.25, -0.2) is 9.48 Å². The van der Waals surface area contributed by atoms with Crippen molar-refractivity contribution in [2.24, 2.45) is 5.92 Å². The normalized spacial score (nSPS) is 25.6. The van der Waals surface area contributed by atoms with E-state index in [1.807, 2.05) is 0 Å². The Morgan fingerprint density at radius 3 is 2.80 bits per heavy atom. The lowest BCUT2D eigenvalue weighted by Gasteiger charge is -2.33. The number of aliphatic carboxylic acids is 1. The van der Waals surface area contributed by atoms with Gasteiger partial charge >= 0.3 is 5.97 Å². The minimum Gasteiger partial charge on any atom is -0.480 e. The molecule has 2 heterocycles. The van der Waals surface area contributed by atoms with Crippen LogP contribution in [0.25, 0.3) is 5.69 Å². The average Bonchev–Trinajstić information content (AvgIpc) is 3.29. The lowest BCUT2D eigenvalue weighted by Crippen LogP contribution is -2.46. The molecule has 2 aromatic rings. The molecule has 2 fully saturated rings. The molecule has 8 heteroatoms. The van der Waals surface area contributed by atoms with Gasteiger partial charge in [0.2, 0.25) is 0 Å². The van der Waals surface area contributed by atoms with Crippen molar-refractivity contribution < 1.29 is 14.7 Å². The molecule has 0 unspecified atom stereocenters. The van der Waals surface area contributed by atoms with E-state index in [-0.39, 0.29) is 11.9 Å². The van der Waals surface area contributed by atoms with Crippen LogP contribution in [0.1, 0.15) is 42.5 Å². The van der Waals surface area contributed by atoms with Gasteiger partial charge in [0.05, 0.1) is 5.69 Å². The highest BCUT2D eigenvalue weighted by molar-refractivity contribution is 5.97. The molecule has 0 spiro atoms. The average molecular weight is 341 g/mol. The number of carbonyl (C=O) groups is 2. The van der Waals surface area contributed by atoms with Gasteiger partial charge in [0.25, 0.3) is 5.91 Å². The Labute approximate surface area is 144 Å². The van der Waals surface area contributed by atoms with Gasteiger partial charge in [0.1, 0.15) is 12.4 Å². The number of carboxylic acid groups (broad SMARTS) is 1. The molecule has 1 amide bonds. The molecule has 0 radical (unpaired) electrons. The zero-order valence-corrected chi connectivity index (χ0v) is 13.7. The Bertz CT molecular complexity index is 791. The molecule has 4 rings (SSSR count). The fourth-order valence-electron chi connectivity index (χ4n) is 4.18. The highest BCUT2D eigenvalue weighted by Crippen LogP contribution is 2.40. The summed E-state index contributed by atoms with van der Waals surface area (Å²) in [6.07, 6.45) is 6.05. The van der Waals surface area contributed by atoms with Gasteiger partial charge in [-0.15, -0.1) is 5.10 Å². The number of hydrogen-bond donors (Lipinski definition) is 1. The Hall–Kier alpha value is -2.77. The highest BCUT2D eigenvalue weighted by Gasteiger charge is 2.47. The number of tetrazole rings is 1. The molecule has 1 N–H and O–H groups in total. The lowest BCUT2D eigenvalue weighted by molar-refractivity contribution is -0.141. The predicted octanol–water partition coefficient (Wildman–Crippen LogP) is 1.52. The van der Waals surface area contributed by atoms with E-state index in [2.05, 4.69) is 15.5 Å². The Balaban J connectivity index is 1.67. The molecular weight excluding hydrogens is 322 g/mol. The number of hydrogen-bond acceptors (Lipinski definition) is 5. The van der Waals surface area contributed by atoms with Crippen LogP contribution in [0, 0.1) is 5.92 Å². The van der Waals surface area contributed by atoms with E-state index in [0.29, 0.717) is 23.6 Å². The van der Waals surface area contributed by atoms with Crippen LogP contribution >= 0.6 is 0 Å². The van der Waals surface area contributed by atoms with Gasteiger partial charge in [0.15, 0.2) is 0 Å². The number of benzene rings is 1. The Morgan fingerprint density at radius 2 is 2.04 bits per heavy atom. The maximum absolute atomic E-state index is 13.1. The summed E-state index contributed by atoms with van der Waals surface area (Å²) in [5, 5.41) is 20.6. The number of fused-ring (bicyclic) bond motifs is 1. The topological polar surface area (TPSA) is 101 Å². The number of carboxylic acids is 1. The van der Waals surface area contributed by atoms with Crippen molar-refractivity contribution in [3.63, 3.8) is 0 Å². The third-order valence-corrected chi connectivity index (χ3v) is 5.31. The fourth-order valence-corrected chi connectivity index (χ4v) is 4.18. The summed E-state index contributed by atoms with van der Waals surface area (Å²) in [5.74, 6) is -0.849. The van der Waals surface area contributed by atoms with Gasteiger partial charge in [-0.3, -0.25) is 4.79 Å². The van der Waals surface area contributed by atoms with Crippen LogP contribution in [0.5, 0.6) is 0 Å². The van der Waals surface area contributed by atoms with E-state index in [0.717, 1.165) is 25.7 Å². The first-order chi connectivity index (χ1) is 12.1. The molecule has 1 aliphatic carbocycles. The summed E-state index contributed by atoms with van der Waals surface area (Å²) in [6.45, 7) is 0. The molecule has 25 heavy (non-hydrogen) atoms. The standard InChI is InChI=1S/C17H19N5O3/c23-16(12-5-3-6-13(8-12)21-10-18-19-20-21)22-14-7-2-1-4-11(14)9-15(22)17(24)25/h3,5-6,8,10-11,14-15H,1-2,4,7,9H2,(H,24,25)/t11-,14-,15-/m0/s1. The summed E-state index contributed by atoms with van der Waals surface area (Å²) in [6, 6.07) is 6.26. The monoisotopic (exact) mass is 341 g/mol. The molecule has 1 aromatic heterocycles. The van der Waals surface area contributed by atoms with Crippen molar-refractivity contribution in [1.29, 1.82) is 0 Å². The van der Waals surface area contributed by atoms with E-state index in [1.165, 1.54) is 11.0 Å². The van der Waals surface area contributed by atoms with Crippen LogP contribution in [0.3, 0.4) is 0 Å². The number of amides is 1. The molecular formula is C17H19N5O3. The van der Waals surface area contributed by atoms with E-state index < -0.39 is 12.0 Å². The molecule has 2 aliphatic rings. The van der Waals surface area contributed by atoms with Crippen molar-refractivity contribution >= 4 is 11.9 Å². The number of nitrogens with zero attached hydrogens (tertiary/aromatic N) is 5. The molecule has 0 bridgehead atoms. The SMILES string of the molecule is O=C(O)[C@@H]1C[C@@H]2CCCC[C@@H]2N1C(=O)c1cccc(-n2cnnn2)c1. The van der Waals surface area contributed by atoms with Crippen LogP contribution in [0.2, 0.25) is 0 Å². The third-order valence-electron chi connectivity index (χ3n) is 5.31. The zero-order valence-electron chi connectivity index (χ0n) is 13.7. The second kappa shape index (κ2) is 6.27. The maximum Gasteiger partial charge on any atom is 0.326 e. The van der Waals surface area contributed by atoms with Gasteiger partial charge in [-0.1, -0.05) is 18.9 Å². The minimum atomic E-state index is -0.917. The number of likely N-dealkylation sites (tertiary alicyclic amines) is 1. The molecule has 1 saturated heterocycles. The van der Waals surface area contributed by atoms with Gasteiger partial charge < -0.3 is 10.0 Å². The van der Waals surface area contributed by atoms with Crippen LogP contribution < -0.4 is 0 Å². The second-order valence-electron chi connectivity index (χ2n) is 6.72. The first-order valence-electron chi connectivity index (χ1n) is 8.54. The molecule has 3 atom stereocenters. The van der Waals surface area contributed by atoms with Gasteiger partial charge in [0, 0.05) is 11.6 Å². The molecule has 130 valence electrons. The first kappa shape index (κ1) is 15.7. The van der Waals surface area contributed by atoms with Crippen molar-refractivity contribution in [1.82, 2.24) is 25.1 Å². The summed E-state index contributed by atoms with van der Waals surface area (Å²) in [4.78, 5) is 26.5. The number of aromatic nitrogens is 4. The molecule has 1 aromatic carbocycles. The van der Waals surface area contributed by atoms with Crippen molar-refractivity contribution in [3.05, 3.63) is 36.2 Å². The van der Waals surface area contributed by atoms with Crippen molar-refractivity contribution in [2.75, 3.05) is 0 Å². The van der Waals surface area contributed by atoms with E-state index >= 15 is 0 Å². The van der Waals surface area contributed by atoms with E-state index in [9.17, 15) is 14.7 Å². The highest BCUT2D eigenvalue weighted by atomic mass is 16.4. The summed E-state index contributed by atoms with van der Waals surface area (Å²) in [5.41, 5.74) is 1.13. The Morgan fingerprint density at radius 1 is 1.20 bits per heavy atom. The second-order valence-corrected chi connectivity index (χ2v) is 6.72. The summed E-state index contributed by atoms with van der Waals surface area (Å²) < 4.78 is 1.47. The number of rotatable bonds is 3. The van der Waals surface area contributed by atoms with Gasteiger partial charge in [-0.2, -0.15) is 0 Å². The number of carbonyl (C=O) groups excluding carboxylic acids is 1.